The summed E-state index contributed by atoms with van der Waals surface area (Å²) in [6, 6.07) is 1.40. The quantitative estimate of drug-likeness (QED) is 0.817. The largest absolute Gasteiger partial charge is 0.338 e. The highest BCUT2D eigenvalue weighted by atomic mass is 32.2. The van der Waals surface area contributed by atoms with E-state index in [1.807, 2.05) is 19.9 Å². The van der Waals surface area contributed by atoms with Crippen LogP contribution in [-0.2, 0) is 4.79 Å². The molecule has 2 N–H and O–H groups in total. The van der Waals surface area contributed by atoms with Crippen molar-refractivity contribution in [2.24, 2.45) is 0 Å². The van der Waals surface area contributed by atoms with Gasteiger partial charge in [-0.15, -0.1) is 5.10 Å². The first kappa shape index (κ1) is 16.2. The number of aromatic nitrogens is 4. The van der Waals surface area contributed by atoms with Gasteiger partial charge in [-0.05, 0) is 33.8 Å². The van der Waals surface area contributed by atoms with Gasteiger partial charge >= 0.3 is 6.03 Å². The van der Waals surface area contributed by atoms with E-state index in [4.69, 9.17) is 0 Å². The summed E-state index contributed by atoms with van der Waals surface area (Å²) in [5, 5.41) is 9.03. The molecule has 8 nitrogen and oxygen atoms in total. The Balaban J connectivity index is 2.08. The van der Waals surface area contributed by atoms with Crippen molar-refractivity contribution in [2.75, 3.05) is 6.54 Å². The first-order valence-electron chi connectivity index (χ1n) is 6.87. The minimum absolute atomic E-state index is 0.393. The summed E-state index contributed by atoms with van der Waals surface area (Å²) in [4.78, 5) is 31.8. The van der Waals surface area contributed by atoms with Crippen LogP contribution in [0.2, 0.25) is 0 Å². The van der Waals surface area contributed by atoms with Crippen molar-refractivity contribution in [1.82, 2.24) is 30.2 Å². The van der Waals surface area contributed by atoms with Crippen LogP contribution in [0.3, 0.4) is 0 Å². The van der Waals surface area contributed by atoms with Crippen molar-refractivity contribution in [1.29, 1.82) is 0 Å². The molecule has 0 saturated carbocycles. The molecule has 0 spiro atoms. The maximum Gasteiger partial charge on any atom is 0.321 e. The Morgan fingerprint density at radius 2 is 2.09 bits per heavy atom. The Kier molecular flexibility index (Phi) is 4.96. The Hall–Kier alpha value is -2.16. The molecule has 0 radical (unpaired) electrons. The number of carbonyl (C=O) groups is 2. The molecule has 2 aromatic heterocycles. The van der Waals surface area contributed by atoms with Crippen LogP contribution < -0.4 is 10.6 Å². The van der Waals surface area contributed by atoms with Crippen molar-refractivity contribution in [3.05, 3.63) is 17.5 Å². The molecule has 22 heavy (non-hydrogen) atoms. The first-order chi connectivity index (χ1) is 10.4. The lowest BCUT2D eigenvalue weighted by atomic mass is 10.4. The fourth-order valence-electron chi connectivity index (χ4n) is 1.83. The number of nitrogens with one attached hydrogen (secondary N) is 2. The van der Waals surface area contributed by atoms with Gasteiger partial charge in [0.25, 0.3) is 5.78 Å². The van der Waals surface area contributed by atoms with Crippen molar-refractivity contribution in [3.63, 3.8) is 0 Å². The van der Waals surface area contributed by atoms with Crippen LogP contribution in [0.15, 0.2) is 11.2 Å². The normalized spacial score (nSPS) is 12.2. The Morgan fingerprint density at radius 3 is 2.77 bits per heavy atom. The summed E-state index contributed by atoms with van der Waals surface area (Å²) >= 11 is 1.18. The van der Waals surface area contributed by atoms with Crippen LogP contribution in [0, 0.1) is 13.8 Å². The average molecular weight is 322 g/mol. The predicted octanol–water partition coefficient (Wildman–Crippen LogP) is 1.07. The number of imide groups is 1. The molecule has 0 aliphatic carbocycles. The maximum absolute atomic E-state index is 11.9. The number of hydrogen-bond donors (Lipinski definition) is 2. The second kappa shape index (κ2) is 6.73. The molecule has 0 saturated heterocycles. The van der Waals surface area contributed by atoms with Crippen LogP contribution in [0.4, 0.5) is 4.79 Å². The lowest BCUT2D eigenvalue weighted by Gasteiger charge is -2.09. The molecular weight excluding hydrogens is 304 g/mol. The van der Waals surface area contributed by atoms with Crippen molar-refractivity contribution < 1.29 is 9.59 Å². The van der Waals surface area contributed by atoms with Gasteiger partial charge in [-0.2, -0.15) is 4.98 Å². The van der Waals surface area contributed by atoms with Crippen LogP contribution in [0.1, 0.15) is 25.2 Å². The number of amides is 3. The molecule has 1 atom stereocenters. The van der Waals surface area contributed by atoms with Gasteiger partial charge in [0.2, 0.25) is 11.1 Å². The van der Waals surface area contributed by atoms with Gasteiger partial charge in [-0.25, -0.2) is 14.3 Å². The van der Waals surface area contributed by atoms with E-state index in [9.17, 15) is 9.59 Å². The first-order valence-corrected chi connectivity index (χ1v) is 7.75. The zero-order chi connectivity index (χ0) is 16.3. The number of nitrogens with zero attached hydrogens (tertiary/aromatic N) is 4. The minimum Gasteiger partial charge on any atom is -0.338 e. The number of rotatable bonds is 4. The van der Waals surface area contributed by atoms with E-state index in [2.05, 4.69) is 25.7 Å². The van der Waals surface area contributed by atoms with Crippen LogP contribution in [0.25, 0.3) is 5.78 Å². The summed E-state index contributed by atoms with van der Waals surface area (Å²) in [5.41, 5.74) is 1.78. The molecule has 3 amide bonds. The Bertz CT molecular complexity index is 714. The van der Waals surface area contributed by atoms with E-state index < -0.39 is 17.2 Å². The average Bonchev–Trinajstić information content (AvgIpc) is 2.81. The third-order valence-electron chi connectivity index (χ3n) is 2.82. The molecule has 0 aliphatic heterocycles. The summed E-state index contributed by atoms with van der Waals surface area (Å²) in [7, 11) is 0. The number of carbonyl (C=O) groups excluding carboxylic acids is 2. The van der Waals surface area contributed by atoms with Gasteiger partial charge in [-0.3, -0.25) is 10.1 Å². The van der Waals surface area contributed by atoms with Gasteiger partial charge in [0.15, 0.2) is 0 Å². The van der Waals surface area contributed by atoms with Crippen LogP contribution in [-0.4, -0.2) is 43.3 Å². The van der Waals surface area contributed by atoms with Crippen molar-refractivity contribution in [2.45, 2.75) is 38.1 Å². The lowest BCUT2D eigenvalue weighted by molar-refractivity contribution is -0.119. The number of thioether (sulfide) groups is 1. The third-order valence-corrected chi connectivity index (χ3v) is 3.78. The molecule has 0 unspecified atom stereocenters. The zero-order valence-electron chi connectivity index (χ0n) is 12.9. The van der Waals surface area contributed by atoms with Crippen molar-refractivity contribution in [3.8, 4) is 0 Å². The fraction of sp³-hybridized carbons (Fsp3) is 0.462. The second-order valence-corrected chi connectivity index (χ2v) is 6.06. The molecule has 0 bridgehead atoms. The predicted molar refractivity (Wildman–Crippen MR) is 82.8 cm³/mol. The summed E-state index contributed by atoms with van der Waals surface area (Å²) < 4.78 is 1.63. The van der Waals surface area contributed by atoms with Crippen molar-refractivity contribution >= 4 is 29.5 Å². The van der Waals surface area contributed by atoms with E-state index >= 15 is 0 Å². The number of fused-ring (bicyclic) bond motifs is 1. The molecule has 2 rings (SSSR count). The molecule has 118 valence electrons. The van der Waals surface area contributed by atoms with Gasteiger partial charge in [-0.1, -0.05) is 11.8 Å². The lowest BCUT2D eigenvalue weighted by Crippen LogP contribution is -2.42. The van der Waals surface area contributed by atoms with Crippen LogP contribution >= 0.6 is 11.8 Å². The van der Waals surface area contributed by atoms with E-state index in [0.717, 1.165) is 11.4 Å². The molecule has 2 aromatic rings. The minimum atomic E-state index is -0.504. The van der Waals surface area contributed by atoms with Gasteiger partial charge in [0.05, 0.1) is 5.25 Å². The number of aryl methyl sites for hydroxylation is 2. The SMILES string of the molecule is CCNC(=O)NC(=O)[C@@H](C)Sc1nc2nc(C)cc(C)n2n1. The summed E-state index contributed by atoms with van der Waals surface area (Å²) in [5.74, 6) is 0.104. The Labute approximate surface area is 132 Å². The molecule has 0 fully saturated rings. The Morgan fingerprint density at radius 1 is 1.36 bits per heavy atom. The zero-order valence-corrected chi connectivity index (χ0v) is 13.7. The molecule has 9 heteroatoms. The van der Waals surface area contributed by atoms with Gasteiger partial charge < -0.3 is 5.32 Å². The van der Waals surface area contributed by atoms with E-state index in [1.165, 1.54) is 11.8 Å². The van der Waals surface area contributed by atoms with Gasteiger partial charge in [0.1, 0.15) is 0 Å². The number of urea groups is 1. The standard InChI is InChI=1S/C13H18N6O2S/c1-5-14-12(21)16-10(20)9(4)22-13-17-11-15-7(2)6-8(3)19(11)18-13/h6,9H,5H2,1-4H3,(H2,14,16,20,21)/t9-/m1/s1. The monoisotopic (exact) mass is 322 g/mol. The van der Waals surface area contributed by atoms with E-state index in [1.54, 1.807) is 18.4 Å². The third kappa shape index (κ3) is 3.73. The topological polar surface area (TPSA) is 101 Å². The molecule has 0 aromatic carbocycles. The summed E-state index contributed by atoms with van der Waals surface area (Å²) in [6.07, 6.45) is 0. The molecular formula is C13H18N6O2S. The molecule has 2 heterocycles. The molecule has 0 aliphatic rings. The highest BCUT2D eigenvalue weighted by Gasteiger charge is 2.19. The summed E-state index contributed by atoms with van der Waals surface area (Å²) in [6.45, 7) is 7.72. The smallest absolute Gasteiger partial charge is 0.321 e. The van der Waals surface area contributed by atoms with Crippen LogP contribution in [0.5, 0.6) is 0 Å². The van der Waals surface area contributed by atoms with Gasteiger partial charge in [0, 0.05) is 17.9 Å². The highest BCUT2D eigenvalue weighted by Crippen LogP contribution is 2.20. The highest BCUT2D eigenvalue weighted by molar-refractivity contribution is 8.00. The maximum atomic E-state index is 11.9. The number of hydrogen-bond acceptors (Lipinski definition) is 6. The fourth-order valence-corrected chi connectivity index (χ4v) is 2.57. The van der Waals surface area contributed by atoms with E-state index in [-0.39, 0.29) is 0 Å². The van der Waals surface area contributed by atoms with E-state index in [0.29, 0.717) is 17.5 Å². The second-order valence-electron chi connectivity index (χ2n) is 4.75.